The number of para-hydroxylation sites is 1. The van der Waals surface area contributed by atoms with Crippen molar-refractivity contribution in [2.75, 3.05) is 6.61 Å². The Labute approximate surface area is 130 Å². The second kappa shape index (κ2) is 7.59. The number of ether oxygens (including phenoxy) is 1. The highest BCUT2D eigenvalue weighted by atomic mass is 16.5. The topological polar surface area (TPSA) is 69.0 Å². The van der Waals surface area contributed by atoms with E-state index in [1.165, 1.54) is 6.33 Å². The van der Waals surface area contributed by atoms with Gasteiger partial charge in [0, 0.05) is 6.54 Å². The zero-order valence-electron chi connectivity index (χ0n) is 13.2. The summed E-state index contributed by atoms with van der Waals surface area (Å²) in [6, 6.07) is 6.99. The number of carbonyl (C=O) groups is 1. The molecule has 22 heavy (non-hydrogen) atoms. The first-order valence-electron chi connectivity index (χ1n) is 7.57. The van der Waals surface area contributed by atoms with Crippen molar-refractivity contribution in [3.05, 3.63) is 42.0 Å². The Bertz CT molecular complexity index is 624. The first-order valence-corrected chi connectivity index (χ1v) is 7.57. The fourth-order valence-corrected chi connectivity index (χ4v) is 2.27. The van der Waals surface area contributed by atoms with Crippen molar-refractivity contribution in [3.63, 3.8) is 0 Å². The lowest BCUT2D eigenvalue weighted by atomic mass is 10.1. The van der Waals surface area contributed by atoms with Gasteiger partial charge in [0.2, 0.25) is 0 Å². The number of aromatic nitrogens is 3. The Morgan fingerprint density at radius 2 is 2.14 bits per heavy atom. The monoisotopic (exact) mass is 302 g/mol. The lowest BCUT2D eigenvalue weighted by Crippen LogP contribution is -2.29. The maximum Gasteiger partial charge on any atom is 0.255 e. The molecule has 1 heterocycles. The van der Waals surface area contributed by atoms with Gasteiger partial charge in [-0.05, 0) is 32.4 Å². The number of nitrogens with zero attached hydrogens (tertiary/aromatic N) is 3. The number of amides is 1. The molecule has 0 aliphatic heterocycles. The maximum absolute atomic E-state index is 12.5. The minimum Gasteiger partial charge on any atom is -0.493 e. The van der Waals surface area contributed by atoms with Crippen LogP contribution in [0.2, 0.25) is 0 Å². The molecule has 0 aliphatic rings. The van der Waals surface area contributed by atoms with E-state index in [1.807, 2.05) is 30.7 Å². The molecule has 1 aromatic heterocycles. The number of benzene rings is 1. The standard InChI is InChI=1S/C16H22N4O2/c1-4-10-20-15(17-11-18-20)12(3)19-16(21)13-8-6-7-9-14(13)22-5-2/h6-9,11-12H,4-5,10H2,1-3H3,(H,19,21). The van der Waals surface area contributed by atoms with Crippen molar-refractivity contribution in [1.82, 2.24) is 20.1 Å². The van der Waals surface area contributed by atoms with Crippen LogP contribution < -0.4 is 10.1 Å². The number of carbonyl (C=O) groups excluding carboxylic acids is 1. The molecule has 0 saturated carbocycles. The highest BCUT2D eigenvalue weighted by Crippen LogP contribution is 2.19. The smallest absolute Gasteiger partial charge is 0.255 e. The predicted molar refractivity (Wildman–Crippen MR) is 83.8 cm³/mol. The van der Waals surface area contributed by atoms with Gasteiger partial charge in [-0.15, -0.1) is 0 Å². The summed E-state index contributed by atoms with van der Waals surface area (Å²) >= 11 is 0. The van der Waals surface area contributed by atoms with Crippen LogP contribution in [0, 0.1) is 0 Å². The SMILES string of the molecule is CCCn1ncnc1C(C)NC(=O)c1ccccc1OCC. The van der Waals surface area contributed by atoms with Crippen LogP contribution in [0.15, 0.2) is 30.6 Å². The van der Waals surface area contributed by atoms with Crippen molar-refractivity contribution in [2.45, 2.75) is 39.8 Å². The first-order chi connectivity index (χ1) is 10.7. The van der Waals surface area contributed by atoms with E-state index in [9.17, 15) is 4.79 Å². The van der Waals surface area contributed by atoms with E-state index in [-0.39, 0.29) is 11.9 Å². The van der Waals surface area contributed by atoms with Crippen molar-refractivity contribution >= 4 is 5.91 Å². The molecule has 0 radical (unpaired) electrons. The molecule has 0 spiro atoms. The summed E-state index contributed by atoms with van der Waals surface area (Å²) in [4.78, 5) is 16.7. The van der Waals surface area contributed by atoms with E-state index < -0.39 is 0 Å². The summed E-state index contributed by atoms with van der Waals surface area (Å²) in [5.74, 6) is 1.16. The zero-order valence-corrected chi connectivity index (χ0v) is 13.2. The summed E-state index contributed by atoms with van der Waals surface area (Å²) in [5.41, 5.74) is 0.526. The average molecular weight is 302 g/mol. The molecule has 1 unspecified atom stereocenters. The van der Waals surface area contributed by atoms with E-state index in [2.05, 4.69) is 22.3 Å². The lowest BCUT2D eigenvalue weighted by molar-refractivity contribution is 0.0933. The Morgan fingerprint density at radius 3 is 2.86 bits per heavy atom. The molecule has 0 bridgehead atoms. The van der Waals surface area contributed by atoms with Gasteiger partial charge in [-0.3, -0.25) is 4.79 Å². The van der Waals surface area contributed by atoms with Crippen LogP contribution in [0.3, 0.4) is 0 Å². The third-order valence-corrected chi connectivity index (χ3v) is 3.25. The minimum atomic E-state index is -0.226. The van der Waals surface area contributed by atoms with Gasteiger partial charge >= 0.3 is 0 Å². The van der Waals surface area contributed by atoms with Gasteiger partial charge < -0.3 is 10.1 Å². The van der Waals surface area contributed by atoms with Crippen LogP contribution in [0.25, 0.3) is 0 Å². The molecule has 0 saturated heterocycles. The van der Waals surface area contributed by atoms with E-state index in [0.717, 1.165) is 18.8 Å². The van der Waals surface area contributed by atoms with E-state index in [1.54, 1.807) is 12.1 Å². The van der Waals surface area contributed by atoms with Crippen LogP contribution >= 0.6 is 0 Å². The largest absolute Gasteiger partial charge is 0.493 e. The van der Waals surface area contributed by atoms with Gasteiger partial charge in [-0.2, -0.15) is 5.10 Å². The van der Waals surface area contributed by atoms with Crippen molar-refractivity contribution in [1.29, 1.82) is 0 Å². The molecule has 2 aromatic rings. The second-order valence-corrected chi connectivity index (χ2v) is 4.97. The fourth-order valence-electron chi connectivity index (χ4n) is 2.27. The number of hydrogen-bond acceptors (Lipinski definition) is 4. The summed E-state index contributed by atoms with van der Waals surface area (Å²) in [7, 11) is 0. The molecular weight excluding hydrogens is 280 g/mol. The molecule has 0 aliphatic carbocycles. The van der Waals surface area contributed by atoms with Crippen LogP contribution in [0.4, 0.5) is 0 Å². The number of rotatable bonds is 7. The third kappa shape index (κ3) is 3.63. The van der Waals surface area contributed by atoms with Gasteiger partial charge in [-0.25, -0.2) is 9.67 Å². The van der Waals surface area contributed by atoms with Gasteiger partial charge in [0.1, 0.15) is 17.9 Å². The number of aryl methyl sites for hydroxylation is 1. The lowest BCUT2D eigenvalue weighted by Gasteiger charge is -2.16. The summed E-state index contributed by atoms with van der Waals surface area (Å²) in [6.45, 7) is 7.17. The van der Waals surface area contributed by atoms with Crippen molar-refractivity contribution < 1.29 is 9.53 Å². The first kappa shape index (κ1) is 16.0. The van der Waals surface area contributed by atoms with Gasteiger partial charge in [-0.1, -0.05) is 19.1 Å². The predicted octanol–water partition coefficient (Wildman–Crippen LogP) is 2.58. The molecule has 2 rings (SSSR count). The van der Waals surface area contributed by atoms with Crippen LogP contribution in [-0.2, 0) is 6.54 Å². The Morgan fingerprint density at radius 1 is 1.36 bits per heavy atom. The quantitative estimate of drug-likeness (QED) is 0.853. The molecule has 6 nitrogen and oxygen atoms in total. The van der Waals surface area contributed by atoms with Crippen molar-refractivity contribution in [3.8, 4) is 5.75 Å². The summed E-state index contributed by atoms with van der Waals surface area (Å²) in [6.07, 6.45) is 2.48. The highest BCUT2D eigenvalue weighted by molar-refractivity contribution is 5.97. The normalized spacial score (nSPS) is 12.0. The molecule has 1 aromatic carbocycles. The Kier molecular flexibility index (Phi) is 5.52. The molecule has 0 fully saturated rings. The van der Waals surface area contributed by atoms with Crippen LogP contribution in [-0.4, -0.2) is 27.3 Å². The molecule has 1 atom stereocenters. The molecule has 6 heteroatoms. The maximum atomic E-state index is 12.5. The number of nitrogens with one attached hydrogen (secondary N) is 1. The van der Waals surface area contributed by atoms with Gasteiger partial charge in [0.05, 0.1) is 18.2 Å². The zero-order chi connectivity index (χ0) is 15.9. The molecular formula is C16H22N4O2. The third-order valence-electron chi connectivity index (χ3n) is 3.25. The van der Waals surface area contributed by atoms with Gasteiger partial charge in [0.25, 0.3) is 5.91 Å². The van der Waals surface area contributed by atoms with E-state index in [4.69, 9.17) is 4.74 Å². The van der Waals surface area contributed by atoms with Gasteiger partial charge in [0.15, 0.2) is 0 Å². The summed E-state index contributed by atoms with van der Waals surface area (Å²) < 4.78 is 7.32. The molecule has 1 N–H and O–H groups in total. The molecule has 1 amide bonds. The minimum absolute atomic E-state index is 0.178. The fraction of sp³-hybridized carbons (Fsp3) is 0.438. The molecule has 118 valence electrons. The summed E-state index contributed by atoms with van der Waals surface area (Å²) in [5, 5.41) is 7.14. The second-order valence-electron chi connectivity index (χ2n) is 4.97. The average Bonchev–Trinajstić information content (AvgIpc) is 2.97. The van der Waals surface area contributed by atoms with Crippen LogP contribution in [0.5, 0.6) is 5.75 Å². The van der Waals surface area contributed by atoms with Crippen molar-refractivity contribution in [2.24, 2.45) is 0 Å². The highest BCUT2D eigenvalue weighted by Gasteiger charge is 2.18. The Hall–Kier alpha value is -2.37. The Balaban J connectivity index is 2.13. The van der Waals surface area contributed by atoms with E-state index in [0.29, 0.717) is 17.9 Å². The number of hydrogen-bond donors (Lipinski definition) is 1. The van der Waals surface area contributed by atoms with Crippen LogP contribution in [0.1, 0.15) is 49.4 Å². The van der Waals surface area contributed by atoms with E-state index >= 15 is 0 Å².